The van der Waals surface area contributed by atoms with E-state index in [0.717, 1.165) is 11.1 Å². The lowest BCUT2D eigenvalue weighted by Gasteiger charge is -2.06. The van der Waals surface area contributed by atoms with Crippen LogP contribution in [-0.4, -0.2) is 31.7 Å². The predicted octanol–water partition coefficient (Wildman–Crippen LogP) is 4.27. The molecule has 0 saturated heterocycles. The summed E-state index contributed by atoms with van der Waals surface area (Å²) in [7, 11) is 0. The van der Waals surface area contributed by atoms with Crippen LogP contribution in [0.5, 0.6) is 0 Å². The summed E-state index contributed by atoms with van der Waals surface area (Å²) < 4.78 is 1.63. The first-order valence-electron chi connectivity index (χ1n) is 8.69. The number of aromatic nitrogens is 3. The summed E-state index contributed by atoms with van der Waals surface area (Å²) in [5.74, 6) is -1.49. The Balaban J connectivity index is 0.000000239. The number of rotatable bonds is 4. The number of fused-ring (bicyclic) bond motifs is 1. The van der Waals surface area contributed by atoms with Crippen molar-refractivity contribution in [1.82, 2.24) is 14.8 Å². The zero-order valence-electron chi connectivity index (χ0n) is 15.5. The van der Waals surface area contributed by atoms with Gasteiger partial charge < -0.3 is 10.8 Å². The number of nitrogens with zero attached hydrogens (tertiary/aromatic N) is 3. The van der Waals surface area contributed by atoms with Crippen molar-refractivity contribution in [3.63, 3.8) is 0 Å². The third-order valence-corrected chi connectivity index (χ3v) is 4.73. The maximum Gasteiger partial charge on any atom is 0.357 e. The molecule has 0 aliphatic heterocycles. The van der Waals surface area contributed by atoms with Crippen LogP contribution >= 0.6 is 23.2 Å². The highest BCUT2D eigenvalue weighted by Crippen LogP contribution is 2.24. The van der Waals surface area contributed by atoms with E-state index < -0.39 is 11.9 Å². The zero-order valence-corrected chi connectivity index (χ0v) is 17.0. The Morgan fingerprint density at radius 2 is 1.83 bits per heavy atom. The van der Waals surface area contributed by atoms with Gasteiger partial charge in [-0.1, -0.05) is 47.5 Å². The Morgan fingerprint density at radius 1 is 1.07 bits per heavy atom. The van der Waals surface area contributed by atoms with Gasteiger partial charge >= 0.3 is 5.97 Å². The van der Waals surface area contributed by atoms with Gasteiger partial charge in [-0.25, -0.2) is 4.79 Å². The van der Waals surface area contributed by atoms with Crippen LogP contribution in [0.4, 0.5) is 0 Å². The highest BCUT2D eigenvalue weighted by molar-refractivity contribution is 6.35. The summed E-state index contributed by atoms with van der Waals surface area (Å²) in [4.78, 5) is 25.4. The number of carbonyl (C=O) groups is 2. The largest absolute Gasteiger partial charge is 0.476 e. The lowest BCUT2D eigenvalue weighted by atomic mass is 10.2. The van der Waals surface area contributed by atoms with E-state index in [-0.39, 0.29) is 5.69 Å². The summed E-state index contributed by atoms with van der Waals surface area (Å²) in [5.41, 5.74) is 6.99. The molecular weight excluding hydrogens is 427 g/mol. The number of benzene rings is 2. The van der Waals surface area contributed by atoms with E-state index in [1.165, 1.54) is 6.20 Å². The van der Waals surface area contributed by atoms with Crippen LogP contribution in [0, 0.1) is 0 Å². The van der Waals surface area contributed by atoms with Crippen LogP contribution in [-0.2, 0) is 6.54 Å². The van der Waals surface area contributed by atoms with Gasteiger partial charge in [-0.05, 0) is 35.9 Å². The van der Waals surface area contributed by atoms with E-state index >= 15 is 0 Å². The molecule has 0 fully saturated rings. The third kappa shape index (κ3) is 4.94. The van der Waals surface area contributed by atoms with Crippen molar-refractivity contribution < 1.29 is 14.7 Å². The number of pyridine rings is 1. The van der Waals surface area contributed by atoms with Gasteiger partial charge in [0.05, 0.1) is 17.6 Å². The molecule has 152 valence electrons. The predicted molar refractivity (Wildman–Crippen MR) is 115 cm³/mol. The summed E-state index contributed by atoms with van der Waals surface area (Å²) in [6.45, 7) is 0.379. The fourth-order valence-electron chi connectivity index (χ4n) is 2.73. The second-order valence-electron chi connectivity index (χ2n) is 6.17. The van der Waals surface area contributed by atoms with Crippen molar-refractivity contribution >= 4 is 46.0 Å². The average Bonchev–Trinajstić information content (AvgIpc) is 3.10. The minimum Gasteiger partial charge on any atom is -0.476 e. The first kappa shape index (κ1) is 21.3. The highest BCUT2D eigenvalue weighted by Gasteiger charge is 2.16. The molecule has 30 heavy (non-hydrogen) atoms. The molecule has 7 nitrogen and oxygen atoms in total. The fourth-order valence-corrected chi connectivity index (χ4v) is 3.19. The van der Waals surface area contributed by atoms with Gasteiger partial charge in [0.25, 0.3) is 0 Å². The van der Waals surface area contributed by atoms with Gasteiger partial charge in [-0.2, -0.15) is 5.10 Å². The van der Waals surface area contributed by atoms with Gasteiger partial charge in [0.2, 0.25) is 5.91 Å². The number of primary amides is 1. The number of carboxylic acids is 1. The van der Waals surface area contributed by atoms with E-state index in [0.29, 0.717) is 27.5 Å². The molecule has 0 aliphatic rings. The van der Waals surface area contributed by atoms with Gasteiger partial charge in [-0.3, -0.25) is 14.5 Å². The van der Waals surface area contributed by atoms with E-state index in [9.17, 15) is 14.7 Å². The molecule has 2 heterocycles. The standard InChI is InChI=1S/C15H10Cl2N2O2.C6H6N2O/c16-10-6-5-9(12(17)7-10)8-19-13-4-2-1-3-11(13)14(18-19)15(20)21;7-6(9)5-2-1-3-8-4-5/h1-7H,8H2,(H,20,21);1-4H,(H2,7,9). The maximum absolute atomic E-state index is 11.3. The Bertz CT molecular complexity index is 1210. The van der Waals surface area contributed by atoms with E-state index in [1.807, 2.05) is 18.2 Å². The lowest BCUT2D eigenvalue weighted by Crippen LogP contribution is -2.10. The van der Waals surface area contributed by atoms with Crippen LogP contribution in [0.1, 0.15) is 26.4 Å². The Kier molecular flexibility index (Phi) is 6.66. The monoisotopic (exact) mass is 442 g/mol. The Hall–Kier alpha value is -3.42. The fraction of sp³-hybridized carbons (Fsp3) is 0.0476. The quantitative estimate of drug-likeness (QED) is 0.489. The molecule has 0 atom stereocenters. The molecule has 9 heteroatoms. The van der Waals surface area contributed by atoms with Crippen LogP contribution in [0.3, 0.4) is 0 Å². The first-order chi connectivity index (χ1) is 14.4. The zero-order chi connectivity index (χ0) is 21.7. The van der Waals surface area contributed by atoms with Gasteiger partial charge in [-0.15, -0.1) is 0 Å². The Labute approximate surface area is 181 Å². The number of carbonyl (C=O) groups excluding carboxylic acids is 1. The van der Waals surface area contributed by atoms with Crippen LogP contribution < -0.4 is 5.73 Å². The molecule has 1 amide bonds. The number of amides is 1. The second-order valence-corrected chi connectivity index (χ2v) is 7.01. The summed E-state index contributed by atoms with van der Waals surface area (Å²) in [5, 5.41) is 15.1. The molecule has 2 aromatic carbocycles. The molecule has 0 radical (unpaired) electrons. The molecule has 0 aliphatic carbocycles. The minimum absolute atomic E-state index is 0.0377. The van der Waals surface area contributed by atoms with E-state index in [1.54, 1.807) is 47.3 Å². The smallest absolute Gasteiger partial charge is 0.357 e. The van der Waals surface area contributed by atoms with E-state index in [2.05, 4.69) is 10.1 Å². The second kappa shape index (κ2) is 9.39. The number of nitrogens with two attached hydrogens (primary N) is 1. The van der Waals surface area contributed by atoms with Gasteiger partial charge in [0.15, 0.2) is 5.69 Å². The molecule has 4 rings (SSSR count). The van der Waals surface area contributed by atoms with Crippen molar-refractivity contribution in [1.29, 1.82) is 0 Å². The Morgan fingerprint density at radius 3 is 2.43 bits per heavy atom. The van der Waals surface area contributed by atoms with Crippen molar-refractivity contribution in [2.45, 2.75) is 6.54 Å². The highest BCUT2D eigenvalue weighted by atomic mass is 35.5. The van der Waals surface area contributed by atoms with Gasteiger partial charge in [0, 0.05) is 27.8 Å². The van der Waals surface area contributed by atoms with Crippen molar-refractivity contribution in [2.75, 3.05) is 0 Å². The summed E-state index contributed by atoms with van der Waals surface area (Å²) in [6.07, 6.45) is 3.02. The molecule has 0 spiro atoms. The topological polar surface area (TPSA) is 111 Å². The molecular formula is C21H16Cl2N4O3. The summed E-state index contributed by atoms with van der Waals surface area (Å²) >= 11 is 12.0. The van der Waals surface area contributed by atoms with Crippen LogP contribution in [0.25, 0.3) is 10.9 Å². The number of hydrogen-bond donors (Lipinski definition) is 2. The SMILES string of the molecule is NC(=O)c1cccnc1.O=C(O)c1nn(Cc2ccc(Cl)cc2Cl)c2ccccc12. The molecule has 0 unspecified atom stereocenters. The molecule has 2 aromatic heterocycles. The third-order valence-electron chi connectivity index (χ3n) is 4.14. The molecule has 3 N–H and O–H groups in total. The van der Waals surface area contributed by atoms with Crippen LogP contribution in [0.2, 0.25) is 10.0 Å². The van der Waals surface area contributed by atoms with Crippen molar-refractivity contribution in [3.05, 3.63) is 93.9 Å². The maximum atomic E-state index is 11.3. The number of para-hydroxylation sites is 1. The van der Waals surface area contributed by atoms with Crippen LogP contribution in [0.15, 0.2) is 67.0 Å². The average molecular weight is 443 g/mol. The normalized spacial score (nSPS) is 10.3. The lowest BCUT2D eigenvalue weighted by molar-refractivity contribution is 0.0691. The number of halogens is 2. The number of aromatic carboxylic acids is 1. The molecule has 0 bridgehead atoms. The van der Waals surface area contributed by atoms with Crippen molar-refractivity contribution in [2.24, 2.45) is 5.73 Å². The van der Waals surface area contributed by atoms with E-state index in [4.69, 9.17) is 28.9 Å². The number of hydrogen-bond acceptors (Lipinski definition) is 4. The molecule has 0 saturated carbocycles. The van der Waals surface area contributed by atoms with Crippen molar-refractivity contribution in [3.8, 4) is 0 Å². The first-order valence-corrected chi connectivity index (χ1v) is 9.45. The minimum atomic E-state index is -1.05. The summed E-state index contributed by atoms with van der Waals surface area (Å²) in [6, 6.07) is 15.7. The molecule has 4 aromatic rings. The van der Waals surface area contributed by atoms with Gasteiger partial charge in [0.1, 0.15) is 0 Å². The number of carboxylic acid groups (broad SMARTS) is 1.